The standard InChI is InChI=1S/C15H19N7/c1-4-22-15(12-7-13(10-5-6-10)21(3)19-12)17-14(20-22)11-8-16-18-9(11)2/h7-8,10H,4-6H2,1-3H3,(H,16,18). The van der Waals surface area contributed by atoms with Gasteiger partial charge in [0.2, 0.25) is 0 Å². The van der Waals surface area contributed by atoms with E-state index in [2.05, 4.69) is 33.4 Å². The summed E-state index contributed by atoms with van der Waals surface area (Å²) in [6.07, 6.45) is 4.29. The predicted molar refractivity (Wildman–Crippen MR) is 82.2 cm³/mol. The van der Waals surface area contributed by atoms with Gasteiger partial charge in [-0.1, -0.05) is 0 Å². The van der Waals surface area contributed by atoms with Crippen LogP contribution in [0.25, 0.3) is 22.9 Å². The van der Waals surface area contributed by atoms with Crippen molar-refractivity contribution < 1.29 is 0 Å². The van der Waals surface area contributed by atoms with Crippen molar-refractivity contribution >= 4 is 0 Å². The highest BCUT2D eigenvalue weighted by atomic mass is 15.4. The maximum atomic E-state index is 4.70. The number of nitrogens with one attached hydrogen (secondary N) is 1. The summed E-state index contributed by atoms with van der Waals surface area (Å²) in [6, 6.07) is 2.15. The molecule has 0 atom stereocenters. The normalized spacial score (nSPS) is 14.7. The third-order valence-electron chi connectivity index (χ3n) is 4.18. The van der Waals surface area contributed by atoms with Crippen LogP contribution in [0.3, 0.4) is 0 Å². The average molecular weight is 297 g/mol. The number of nitrogens with zero attached hydrogens (tertiary/aromatic N) is 6. The van der Waals surface area contributed by atoms with E-state index in [1.54, 1.807) is 6.20 Å². The van der Waals surface area contributed by atoms with Gasteiger partial charge in [-0.3, -0.25) is 9.78 Å². The molecular weight excluding hydrogens is 278 g/mol. The fraction of sp³-hybridized carbons (Fsp3) is 0.467. The summed E-state index contributed by atoms with van der Waals surface area (Å²) in [4.78, 5) is 4.70. The van der Waals surface area contributed by atoms with Gasteiger partial charge in [0.25, 0.3) is 0 Å². The van der Waals surface area contributed by atoms with Gasteiger partial charge < -0.3 is 0 Å². The smallest absolute Gasteiger partial charge is 0.185 e. The van der Waals surface area contributed by atoms with Gasteiger partial charge in [-0.15, -0.1) is 0 Å². The molecule has 1 aliphatic rings. The van der Waals surface area contributed by atoms with Crippen LogP contribution in [-0.2, 0) is 13.6 Å². The topological polar surface area (TPSA) is 77.2 Å². The molecule has 1 aliphatic carbocycles. The Labute approximate surface area is 128 Å². The number of H-pyrrole nitrogens is 1. The fourth-order valence-corrected chi connectivity index (χ4v) is 2.79. The quantitative estimate of drug-likeness (QED) is 0.801. The van der Waals surface area contributed by atoms with E-state index in [4.69, 9.17) is 4.98 Å². The van der Waals surface area contributed by atoms with E-state index < -0.39 is 0 Å². The Balaban J connectivity index is 1.79. The molecule has 0 aromatic carbocycles. The maximum absolute atomic E-state index is 4.70. The van der Waals surface area contributed by atoms with E-state index >= 15 is 0 Å². The SMILES string of the molecule is CCn1nc(-c2cn[nH]c2C)nc1-c1cc(C2CC2)n(C)n1. The zero-order valence-corrected chi connectivity index (χ0v) is 13.0. The van der Waals surface area contributed by atoms with Crippen molar-refractivity contribution in [1.82, 2.24) is 34.7 Å². The molecule has 0 radical (unpaired) electrons. The third kappa shape index (κ3) is 2.04. The maximum Gasteiger partial charge on any atom is 0.185 e. The van der Waals surface area contributed by atoms with Crippen molar-refractivity contribution in [3.8, 4) is 22.9 Å². The minimum Gasteiger partial charge on any atom is -0.282 e. The molecule has 3 heterocycles. The average Bonchev–Trinajstić information content (AvgIpc) is 2.94. The summed E-state index contributed by atoms with van der Waals surface area (Å²) in [7, 11) is 2.00. The Morgan fingerprint density at radius 3 is 2.77 bits per heavy atom. The molecule has 0 unspecified atom stereocenters. The summed E-state index contributed by atoms with van der Waals surface area (Å²) in [5.74, 6) is 2.18. The molecule has 4 rings (SSSR count). The Morgan fingerprint density at radius 2 is 2.14 bits per heavy atom. The first-order valence-electron chi connectivity index (χ1n) is 7.67. The molecule has 0 aliphatic heterocycles. The van der Waals surface area contributed by atoms with Crippen LogP contribution in [0.2, 0.25) is 0 Å². The molecule has 0 spiro atoms. The van der Waals surface area contributed by atoms with Crippen LogP contribution in [0, 0.1) is 6.92 Å². The Hall–Kier alpha value is -2.44. The van der Waals surface area contributed by atoms with Crippen molar-refractivity contribution in [2.45, 2.75) is 39.2 Å². The Bertz CT molecular complexity index is 819. The first-order valence-corrected chi connectivity index (χ1v) is 7.67. The van der Waals surface area contributed by atoms with Crippen molar-refractivity contribution in [3.05, 3.63) is 23.7 Å². The summed E-state index contributed by atoms with van der Waals surface area (Å²) in [6.45, 7) is 4.80. The van der Waals surface area contributed by atoms with E-state index in [0.717, 1.165) is 29.3 Å². The third-order valence-corrected chi connectivity index (χ3v) is 4.18. The van der Waals surface area contributed by atoms with Gasteiger partial charge in [-0.05, 0) is 32.8 Å². The predicted octanol–water partition coefficient (Wildman–Crippen LogP) is 2.27. The van der Waals surface area contributed by atoms with Crippen molar-refractivity contribution in [3.63, 3.8) is 0 Å². The van der Waals surface area contributed by atoms with E-state index in [1.165, 1.54) is 18.5 Å². The number of aromatic amines is 1. The number of aromatic nitrogens is 7. The summed E-state index contributed by atoms with van der Waals surface area (Å²) < 4.78 is 3.88. The first kappa shape index (κ1) is 13.2. The Morgan fingerprint density at radius 1 is 1.32 bits per heavy atom. The first-order chi connectivity index (χ1) is 10.7. The molecule has 1 N–H and O–H groups in total. The van der Waals surface area contributed by atoms with Gasteiger partial charge in [0.05, 0.1) is 11.8 Å². The fourth-order valence-electron chi connectivity index (χ4n) is 2.79. The summed E-state index contributed by atoms with van der Waals surface area (Å²) >= 11 is 0. The van der Waals surface area contributed by atoms with Gasteiger partial charge in [0.15, 0.2) is 11.6 Å². The minimum atomic E-state index is 0.667. The van der Waals surface area contributed by atoms with Gasteiger partial charge in [0, 0.05) is 30.9 Å². The summed E-state index contributed by atoms with van der Waals surface area (Å²) in [5, 5.41) is 16.2. The van der Waals surface area contributed by atoms with E-state index in [-0.39, 0.29) is 0 Å². The number of hydrogen-bond acceptors (Lipinski definition) is 4. The van der Waals surface area contributed by atoms with Gasteiger partial charge >= 0.3 is 0 Å². The Kier molecular flexibility index (Phi) is 2.88. The van der Waals surface area contributed by atoms with Crippen molar-refractivity contribution in [1.29, 1.82) is 0 Å². The van der Waals surface area contributed by atoms with Crippen LogP contribution in [0.5, 0.6) is 0 Å². The van der Waals surface area contributed by atoms with Gasteiger partial charge in [-0.25, -0.2) is 9.67 Å². The number of aryl methyl sites for hydroxylation is 3. The van der Waals surface area contributed by atoms with Crippen LogP contribution in [0.1, 0.15) is 37.1 Å². The molecule has 0 bridgehead atoms. The molecule has 1 fully saturated rings. The minimum absolute atomic E-state index is 0.667. The second-order valence-corrected chi connectivity index (χ2v) is 5.84. The van der Waals surface area contributed by atoms with Crippen molar-refractivity contribution in [2.24, 2.45) is 7.05 Å². The number of hydrogen-bond donors (Lipinski definition) is 1. The molecule has 0 saturated heterocycles. The van der Waals surface area contributed by atoms with Crippen LogP contribution in [-0.4, -0.2) is 34.7 Å². The monoisotopic (exact) mass is 297 g/mol. The molecule has 1 saturated carbocycles. The van der Waals surface area contributed by atoms with E-state index in [9.17, 15) is 0 Å². The lowest BCUT2D eigenvalue weighted by Crippen LogP contribution is -2.01. The lowest BCUT2D eigenvalue weighted by atomic mass is 10.2. The summed E-state index contributed by atoms with van der Waals surface area (Å²) in [5.41, 5.74) is 4.10. The van der Waals surface area contributed by atoms with Gasteiger partial charge in [0.1, 0.15) is 5.69 Å². The molecule has 3 aromatic heterocycles. The van der Waals surface area contributed by atoms with Crippen LogP contribution in [0.4, 0.5) is 0 Å². The molecule has 3 aromatic rings. The second kappa shape index (κ2) is 4.79. The molecule has 7 nitrogen and oxygen atoms in total. The lowest BCUT2D eigenvalue weighted by molar-refractivity contribution is 0.661. The zero-order valence-electron chi connectivity index (χ0n) is 13.0. The molecule has 22 heavy (non-hydrogen) atoms. The van der Waals surface area contributed by atoms with Crippen LogP contribution in [0.15, 0.2) is 12.3 Å². The highest BCUT2D eigenvalue weighted by Gasteiger charge is 2.28. The highest BCUT2D eigenvalue weighted by Crippen LogP contribution is 2.40. The zero-order chi connectivity index (χ0) is 15.3. The van der Waals surface area contributed by atoms with Crippen LogP contribution >= 0.6 is 0 Å². The van der Waals surface area contributed by atoms with Gasteiger partial charge in [-0.2, -0.15) is 15.3 Å². The largest absolute Gasteiger partial charge is 0.282 e. The molecular formula is C15H19N7. The lowest BCUT2D eigenvalue weighted by Gasteiger charge is -1.97. The molecule has 0 amide bonds. The molecule has 7 heteroatoms. The second-order valence-electron chi connectivity index (χ2n) is 5.84. The highest BCUT2D eigenvalue weighted by molar-refractivity contribution is 5.61. The molecule has 114 valence electrons. The van der Waals surface area contributed by atoms with E-state index in [0.29, 0.717) is 11.7 Å². The van der Waals surface area contributed by atoms with Crippen molar-refractivity contribution in [2.75, 3.05) is 0 Å². The number of rotatable bonds is 4. The van der Waals surface area contributed by atoms with Crippen LogP contribution < -0.4 is 0 Å². The van der Waals surface area contributed by atoms with E-state index in [1.807, 2.05) is 23.3 Å².